The molecule has 0 aliphatic heterocycles. The van der Waals surface area contributed by atoms with E-state index in [4.69, 9.17) is 11.3 Å². The topological polar surface area (TPSA) is 108 Å². The number of aromatic amines is 1. The molecule has 3 aromatic rings. The number of para-hydroxylation sites is 1. The quantitative estimate of drug-likeness (QED) is 0.495. The first-order chi connectivity index (χ1) is 8.75. The standard InChI is InChI=1S/C11H11N7/c12-9-8-10(14-6-18(9)13)16-17-11(8)15-7-4-2-1-3-5-7/h1-6,12H,13H2,(H2,15,16,17). The van der Waals surface area contributed by atoms with Crippen LogP contribution in [-0.4, -0.2) is 19.9 Å². The summed E-state index contributed by atoms with van der Waals surface area (Å²) >= 11 is 0. The van der Waals surface area contributed by atoms with Crippen LogP contribution in [0.1, 0.15) is 0 Å². The van der Waals surface area contributed by atoms with Crippen LogP contribution in [0.25, 0.3) is 11.0 Å². The highest BCUT2D eigenvalue weighted by Gasteiger charge is 2.09. The van der Waals surface area contributed by atoms with Gasteiger partial charge in [0, 0.05) is 5.69 Å². The molecule has 0 bridgehead atoms. The molecule has 2 heterocycles. The maximum atomic E-state index is 7.91. The van der Waals surface area contributed by atoms with E-state index in [-0.39, 0.29) is 5.49 Å². The number of hydrogen-bond donors (Lipinski definition) is 4. The van der Waals surface area contributed by atoms with E-state index in [2.05, 4.69) is 20.5 Å². The van der Waals surface area contributed by atoms with Crippen molar-refractivity contribution in [1.29, 1.82) is 5.41 Å². The molecule has 0 atom stereocenters. The SMILES string of the molecule is N=c1c2c(Nc3ccccc3)[nH]nc2ncn1N. The first-order valence-electron chi connectivity index (χ1n) is 5.33. The Balaban J connectivity index is 2.13. The predicted molar refractivity (Wildman–Crippen MR) is 67.6 cm³/mol. The fourth-order valence-corrected chi connectivity index (χ4v) is 1.71. The van der Waals surface area contributed by atoms with Crippen LogP contribution in [0.15, 0.2) is 36.7 Å². The van der Waals surface area contributed by atoms with Crippen molar-refractivity contribution in [2.24, 2.45) is 0 Å². The summed E-state index contributed by atoms with van der Waals surface area (Å²) in [7, 11) is 0. The Bertz CT molecular complexity index is 741. The second-order valence-electron chi connectivity index (χ2n) is 3.79. The number of nitrogens with two attached hydrogens (primary N) is 1. The molecule has 2 aromatic heterocycles. The number of benzene rings is 1. The van der Waals surface area contributed by atoms with E-state index >= 15 is 0 Å². The number of rotatable bonds is 2. The lowest BCUT2D eigenvalue weighted by Crippen LogP contribution is -2.27. The minimum absolute atomic E-state index is 0.146. The Kier molecular flexibility index (Phi) is 2.23. The van der Waals surface area contributed by atoms with E-state index in [9.17, 15) is 0 Å². The Morgan fingerprint density at radius 1 is 1.28 bits per heavy atom. The molecule has 0 unspecified atom stereocenters. The Morgan fingerprint density at radius 3 is 2.83 bits per heavy atom. The molecule has 0 radical (unpaired) electrons. The lowest BCUT2D eigenvalue weighted by molar-refractivity contribution is 0.866. The Hall–Kier alpha value is -2.83. The molecule has 3 rings (SSSR count). The second kappa shape index (κ2) is 3.88. The summed E-state index contributed by atoms with van der Waals surface area (Å²) in [6.45, 7) is 0. The molecule has 7 nitrogen and oxygen atoms in total. The maximum absolute atomic E-state index is 7.91. The first-order valence-corrected chi connectivity index (χ1v) is 5.33. The molecule has 18 heavy (non-hydrogen) atoms. The van der Waals surface area contributed by atoms with Crippen molar-refractivity contribution < 1.29 is 0 Å². The lowest BCUT2D eigenvalue weighted by Gasteiger charge is -2.04. The van der Waals surface area contributed by atoms with E-state index in [1.54, 1.807) is 0 Å². The van der Waals surface area contributed by atoms with Gasteiger partial charge in [-0.05, 0) is 12.1 Å². The van der Waals surface area contributed by atoms with Gasteiger partial charge in [0.1, 0.15) is 17.5 Å². The van der Waals surface area contributed by atoms with Crippen LogP contribution in [0, 0.1) is 5.41 Å². The zero-order valence-corrected chi connectivity index (χ0v) is 9.38. The molecule has 0 amide bonds. The van der Waals surface area contributed by atoms with Crippen molar-refractivity contribution in [3.8, 4) is 0 Å². The molecule has 0 aliphatic rings. The van der Waals surface area contributed by atoms with E-state index in [1.807, 2.05) is 30.3 Å². The summed E-state index contributed by atoms with van der Waals surface area (Å²) in [6, 6.07) is 9.61. The van der Waals surface area contributed by atoms with Gasteiger partial charge in [-0.25, -0.2) is 9.66 Å². The van der Waals surface area contributed by atoms with Crippen molar-refractivity contribution >= 4 is 22.5 Å². The molecule has 1 aromatic carbocycles. The number of nitrogens with one attached hydrogen (secondary N) is 3. The third-order valence-electron chi connectivity index (χ3n) is 2.59. The normalized spacial score (nSPS) is 10.7. The zero-order valence-electron chi connectivity index (χ0n) is 9.38. The van der Waals surface area contributed by atoms with Crippen molar-refractivity contribution in [1.82, 2.24) is 19.9 Å². The van der Waals surface area contributed by atoms with Crippen LogP contribution >= 0.6 is 0 Å². The van der Waals surface area contributed by atoms with Crippen molar-refractivity contribution in [3.05, 3.63) is 42.1 Å². The number of nitrogens with zero attached hydrogens (tertiary/aromatic N) is 3. The van der Waals surface area contributed by atoms with Crippen LogP contribution in [-0.2, 0) is 0 Å². The number of fused-ring (bicyclic) bond motifs is 1. The monoisotopic (exact) mass is 241 g/mol. The van der Waals surface area contributed by atoms with Crippen LogP contribution in [0.5, 0.6) is 0 Å². The van der Waals surface area contributed by atoms with E-state index < -0.39 is 0 Å². The number of aromatic nitrogens is 4. The van der Waals surface area contributed by atoms with Gasteiger partial charge in [-0.15, -0.1) is 0 Å². The molecule has 5 N–H and O–H groups in total. The van der Waals surface area contributed by atoms with Gasteiger partial charge in [0.25, 0.3) is 0 Å². The summed E-state index contributed by atoms with van der Waals surface area (Å²) in [6.07, 6.45) is 1.36. The molecule has 0 fully saturated rings. The van der Waals surface area contributed by atoms with E-state index in [0.717, 1.165) is 10.4 Å². The van der Waals surface area contributed by atoms with Gasteiger partial charge >= 0.3 is 0 Å². The van der Waals surface area contributed by atoms with Gasteiger partial charge in [-0.3, -0.25) is 10.5 Å². The summed E-state index contributed by atoms with van der Waals surface area (Å²) in [5, 5.41) is 18.5. The van der Waals surface area contributed by atoms with Gasteiger partial charge in [-0.1, -0.05) is 18.2 Å². The third-order valence-corrected chi connectivity index (χ3v) is 2.59. The second-order valence-corrected chi connectivity index (χ2v) is 3.79. The van der Waals surface area contributed by atoms with Crippen molar-refractivity contribution in [2.45, 2.75) is 0 Å². The minimum Gasteiger partial charge on any atom is -0.340 e. The average molecular weight is 241 g/mol. The first kappa shape index (κ1) is 10.3. The van der Waals surface area contributed by atoms with Gasteiger partial charge in [0.2, 0.25) is 0 Å². The zero-order chi connectivity index (χ0) is 12.5. The lowest BCUT2D eigenvalue weighted by atomic mass is 10.3. The minimum atomic E-state index is 0.146. The van der Waals surface area contributed by atoms with Crippen molar-refractivity contribution in [3.63, 3.8) is 0 Å². The number of anilines is 2. The Morgan fingerprint density at radius 2 is 2.06 bits per heavy atom. The van der Waals surface area contributed by atoms with Crippen LogP contribution in [0.3, 0.4) is 0 Å². The summed E-state index contributed by atoms with van der Waals surface area (Å²) < 4.78 is 1.15. The van der Waals surface area contributed by atoms with Crippen molar-refractivity contribution in [2.75, 3.05) is 11.2 Å². The smallest absolute Gasteiger partial charge is 0.188 e. The molecular weight excluding hydrogens is 230 g/mol. The Labute approximate surface area is 102 Å². The molecule has 90 valence electrons. The number of H-pyrrole nitrogens is 1. The van der Waals surface area contributed by atoms with Crippen LogP contribution in [0.4, 0.5) is 11.5 Å². The molecule has 0 aliphatic carbocycles. The molecule has 0 spiro atoms. The fraction of sp³-hybridized carbons (Fsp3) is 0. The van der Waals surface area contributed by atoms with E-state index in [0.29, 0.717) is 16.9 Å². The fourth-order valence-electron chi connectivity index (χ4n) is 1.71. The van der Waals surface area contributed by atoms with Crippen LogP contribution < -0.4 is 16.6 Å². The van der Waals surface area contributed by atoms with Gasteiger partial charge in [0.05, 0.1) is 0 Å². The third kappa shape index (κ3) is 1.58. The van der Waals surface area contributed by atoms with E-state index in [1.165, 1.54) is 6.33 Å². The maximum Gasteiger partial charge on any atom is 0.188 e. The summed E-state index contributed by atoms with van der Waals surface area (Å²) in [4.78, 5) is 4.04. The largest absolute Gasteiger partial charge is 0.340 e. The average Bonchev–Trinajstić information content (AvgIpc) is 2.79. The molecule has 0 saturated carbocycles. The molecule has 7 heteroatoms. The molecule has 0 saturated heterocycles. The van der Waals surface area contributed by atoms with Gasteiger partial charge < -0.3 is 11.2 Å². The summed E-state index contributed by atoms with van der Waals surface area (Å²) in [5.74, 6) is 6.21. The number of nitrogen functional groups attached to an aromatic ring is 1. The van der Waals surface area contributed by atoms with Crippen LogP contribution in [0.2, 0.25) is 0 Å². The highest BCUT2D eigenvalue weighted by atomic mass is 15.3. The van der Waals surface area contributed by atoms with Gasteiger partial charge in [0.15, 0.2) is 11.1 Å². The highest BCUT2D eigenvalue weighted by molar-refractivity contribution is 5.87. The predicted octanol–water partition coefficient (Wildman–Crippen LogP) is 0.696. The highest BCUT2D eigenvalue weighted by Crippen LogP contribution is 2.18. The summed E-state index contributed by atoms with van der Waals surface area (Å²) in [5.41, 5.74) is 1.50. The number of hydrogen-bond acceptors (Lipinski definition) is 5. The van der Waals surface area contributed by atoms with Gasteiger partial charge in [-0.2, -0.15) is 5.10 Å². The molecular formula is C11H11N7.